The van der Waals surface area contributed by atoms with Gasteiger partial charge in [0.1, 0.15) is 13.2 Å². The van der Waals surface area contributed by atoms with Crippen molar-refractivity contribution >= 4 is 0 Å². The Hall–Kier alpha value is -0.230. The molecule has 0 amide bonds. The summed E-state index contributed by atoms with van der Waals surface area (Å²) in [7, 11) is 0. The first kappa shape index (κ1) is 10.8. The topological polar surface area (TPSA) is 69.9 Å². The maximum atomic E-state index is 12.9. The van der Waals surface area contributed by atoms with E-state index in [1.54, 1.807) is 0 Å². The predicted molar refractivity (Wildman–Crippen MR) is 35.6 cm³/mol. The molecule has 0 aliphatic rings. The van der Waals surface area contributed by atoms with Gasteiger partial charge in [-0.1, -0.05) is 0 Å². The number of hydrogen-bond acceptors (Lipinski definition) is 4. The van der Waals surface area contributed by atoms with Crippen molar-refractivity contribution in [1.82, 2.24) is 0 Å². The van der Waals surface area contributed by atoms with Crippen molar-refractivity contribution in [2.45, 2.75) is 18.9 Å². The van der Waals surface area contributed by atoms with Crippen molar-refractivity contribution in [3.63, 3.8) is 0 Å². The molecular formula is C6H13FO4. The predicted octanol–water partition coefficient (Wildman–Crippen LogP) is -0.966. The van der Waals surface area contributed by atoms with Gasteiger partial charge in [-0.15, -0.1) is 0 Å². The molecule has 68 valence electrons. The van der Waals surface area contributed by atoms with Crippen molar-refractivity contribution < 1.29 is 24.4 Å². The molecular weight excluding hydrogens is 155 g/mol. The number of ether oxygens (including phenoxy) is 1. The van der Waals surface area contributed by atoms with Gasteiger partial charge >= 0.3 is 0 Å². The molecule has 0 aliphatic heterocycles. The Balaban J connectivity index is 3.86. The number of halogens is 1. The van der Waals surface area contributed by atoms with Crippen LogP contribution in [0.3, 0.4) is 0 Å². The molecule has 0 aromatic carbocycles. The molecule has 3 N–H and O–H groups in total. The summed E-state index contributed by atoms with van der Waals surface area (Å²) in [6.45, 7) is -0.771. The first-order valence-corrected chi connectivity index (χ1v) is 3.27. The summed E-state index contributed by atoms with van der Waals surface area (Å²) in [5.41, 5.74) is 0. The Bertz CT molecular complexity index is 105. The maximum absolute atomic E-state index is 12.9. The zero-order valence-corrected chi connectivity index (χ0v) is 6.33. The van der Waals surface area contributed by atoms with Gasteiger partial charge in [0.15, 0.2) is 0 Å². The highest BCUT2D eigenvalue weighted by Gasteiger charge is 2.30. The van der Waals surface area contributed by atoms with Gasteiger partial charge in [0.05, 0.1) is 12.7 Å². The fraction of sp³-hybridized carbons (Fsp3) is 1.00. The van der Waals surface area contributed by atoms with Crippen LogP contribution in [-0.4, -0.2) is 47.1 Å². The third-order valence-electron chi connectivity index (χ3n) is 1.14. The lowest BCUT2D eigenvalue weighted by molar-refractivity contribution is -0.220. The Morgan fingerprint density at radius 3 is 2.09 bits per heavy atom. The minimum atomic E-state index is -2.44. The molecule has 0 spiro atoms. The monoisotopic (exact) mass is 168 g/mol. The fourth-order valence-electron chi connectivity index (χ4n) is 0.522. The van der Waals surface area contributed by atoms with E-state index in [4.69, 9.17) is 15.3 Å². The van der Waals surface area contributed by atoms with E-state index in [-0.39, 0.29) is 6.61 Å². The number of aliphatic hydroxyl groups excluding tert-OH is 3. The Kier molecular flexibility index (Phi) is 4.51. The molecule has 5 heteroatoms. The molecule has 0 saturated heterocycles. The Morgan fingerprint density at radius 1 is 1.36 bits per heavy atom. The zero-order valence-electron chi connectivity index (χ0n) is 6.33. The number of aliphatic hydroxyl groups is 3. The summed E-state index contributed by atoms with van der Waals surface area (Å²) in [4.78, 5) is 0. The van der Waals surface area contributed by atoms with E-state index in [1.165, 1.54) is 6.92 Å². The molecule has 1 atom stereocenters. The van der Waals surface area contributed by atoms with Crippen LogP contribution in [0.15, 0.2) is 0 Å². The minimum Gasteiger partial charge on any atom is -0.394 e. The number of alkyl halides is 1. The van der Waals surface area contributed by atoms with Crippen LogP contribution in [-0.2, 0) is 4.74 Å². The van der Waals surface area contributed by atoms with E-state index < -0.39 is 25.2 Å². The van der Waals surface area contributed by atoms with Crippen LogP contribution in [0.5, 0.6) is 0 Å². The highest BCUT2D eigenvalue weighted by atomic mass is 19.2. The van der Waals surface area contributed by atoms with Crippen LogP contribution in [0, 0.1) is 0 Å². The van der Waals surface area contributed by atoms with E-state index in [2.05, 4.69) is 4.74 Å². The second-order valence-electron chi connectivity index (χ2n) is 2.31. The lowest BCUT2D eigenvalue weighted by Gasteiger charge is -2.23. The summed E-state index contributed by atoms with van der Waals surface area (Å²) in [6.07, 6.45) is -0.737. The SMILES string of the molecule is C[C@@H](CO)OC(F)(CO)CO. The molecule has 4 nitrogen and oxygen atoms in total. The van der Waals surface area contributed by atoms with Gasteiger partial charge in [0.25, 0.3) is 5.85 Å². The van der Waals surface area contributed by atoms with E-state index in [0.29, 0.717) is 0 Å². The fourth-order valence-corrected chi connectivity index (χ4v) is 0.522. The van der Waals surface area contributed by atoms with Crippen LogP contribution in [0.2, 0.25) is 0 Å². The quantitative estimate of drug-likeness (QED) is 0.494. The minimum absolute atomic E-state index is 0.355. The van der Waals surface area contributed by atoms with Gasteiger partial charge in [-0.3, -0.25) is 0 Å². The van der Waals surface area contributed by atoms with Gasteiger partial charge in [0, 0.05) is 0 Å². The van der Waals surface area contributed by atoms with Gasteiger partial charge in [-0.25, -0.2) is 4.39 Å². The Labute approximate surface area is 64.2 Å². The van der Waals surface area contributed by atoms with E-state index in [1.807, 2.05) is 0 Å². The maximum Gasteiger partial charge on any atom is 0.256 e. The van der Waals surface area contributed by atoms with E-state index in [9.17, 15) is 4.39 Å². The van der Waals surface area contributed by atoms with Crippen LogP contribution < -0.4 is 0 Å². The first-order valence-electron chi connectivity index (χ1n) is 3.27. The van der Waals surface area contributed by atoms with E-state index in [0.717, 1.165) is 0 Å². The molecule has 0 heterocycles. The largest absolute Gasteiger partial charge is 0.394 e. The summed E-state index contributed by atoms with van der Waals surface area (Å²) in [5.74, 6) is -2.44. The van der Waals surface area contributed by atoms with Gasteiger partial charge in [0.2, 0.25) is 0 Å². The summed E-state index contributed by atoms with van der Waals surface area (Å²) >= 11 is 0. The second-order valence-corrected chi connectivity index (χ2v) is 2.31. The van der Waals surface area contributed by atoms with Crippen LogP contribution >= 0.6 is 0 Å². The van der Waals surface area contributed by atoms with Crippen LogP contribution in [0.4, 0.5) is 4.39 Å². The third-order valence-corrected chi connectivity index (χ3v) is 1.14. The molecule has 0 aromatic heterocycles. The molecule has 0 aromatic rings. The van der Waals surface area contributed by atoms with Crippen LogP contribution in [0.1, 0.15) is 6.92 Å². The van der Waals surface area contributed by atoms with Gasteiger partial charge < -0.3 is 20.1 Å². The Morgan fingerprint density at radius 2 is 1.82 bits per heavy atom. The molecule has 0 bridgehead atoms. The molecule has 11 heavy (non-hydrogen) atoms. The standard InChI is InChI=1S/C6H13FO4/c1-5(2-8)11-6(7,3-9)4-10/h5,8-10H,2-4H2,1H3/t5-/m0/s1. The lowest BCUT2D eigenvalue weighted by atomic mass is 10.3. The normalized spacial score (nSPS) is 15.0. The van der Waals surface area contributed by atoms with Crippen molar-refractivity contribution in [2.24, 2.45) is 0 Å². The lowest BCUT2D eigenvalue weighted by Crippen LogP contribution is -2.39. The summed E-state index contributed by atoms with van der Waals surface area (Å²) in [5, 5.41) is 25.2. The number of hydrogen-bond donors (Lipinski definition) is 3. The zero-order chi connectivity index (χ0) is 8.91. The smallest absolute Gasteiger partial charge is 0.256 e. The van der Waals surface area contributed by atoms with Crippen LogP contribution in [0.25, 0.3) is 0 Å². The van der Waals surface area contributed by atoms with Crippen molar-refractivity contribution in [3.05, 3.63) is 0 Å². The highest BCUT2D eigenvalue weighted by molar-refractivity contribution is 4.66. The molecule has 0 rings (SSSR count). The van der Waals surface area contributed by atoms with Crippen molar-refractivity contribution in [2.75, 3.05) is 19.8 Å². The highest BCUT2D eigenvalue weighted by Crippen LogP contribution is 2.13. The second kappa shape index (κ2) is 4.61. The number of rotatable bonds is 5. The average molecular weight is 168 g/mol. The summed E-state index contributed by atoms with van der Waals surface area (Å²) in [6, 6.07) is 0. The molecule has 0 fully saturated rings. The average Bonchev–Trinajstić information content (AvgIpc) is 2.04. The first-order chi connectivity index (χ1) is 5.08. The molecule has 0 radical (unpaired) electrons. The van der Waals surface area contributed by atoms with Gasteiger partial charge in [-0.2, -0.15) is 0 Å². The van der Waals surface area contributed by atoms with Crippen molar-refractivity contribution in [1.29, 1.82) is 0 Å². The molecule has 0 unspecified atom stereocenters. The third kappa shape index (κ3) is 3.62. The molecule has 0 saturated carbocycles. The summed E-state index contributed by atoms with van der Waals surface area (Å²) < 4.78 is 17.3. The molecule has 0 aliphatic carbocycles. The van der Waals surface area contributed by atoms with E-state index >= 15 is 0 Å². The van der Waals surface area contributed by atoms with Crippen molar-refractivity contribution in [3.8, 4) is 0 Å². The van der Waals surface area contributed by atoms with Gasteiger partial charge in [-0.05, 0) is 6.92 Å².